The maximum Gasteiger partial charge on any atom is 0.416 e. The minimum absolute atomic E-state index is 0.0657. The summed E-state index contributed by atoms with van der Waals surface area (Å²) < 4.78 is 44.9. The quantitative estimate of drug-likeness (QED) is 0.375. The summed E-state index contributed by atoms with van der Waals surface area (Å²) in [5.74, 6) is 0.145. The molecule has 2 aromatic heterocycles. The summed E-state index contributed by atoms with van der Waals surface area (Å²) in [5, 5.41) is 5.12. The number of thiazole rings is 1. The number of carbonyl (C=O) groups is 1. The predicted octanol–water partition coefficient (Wildman–Crippen LogP) is 5.73. The smallest absolute Gasteiger partial charge is 0.416 e. The lowest BCUT2D eigenvalue weighted by Gasteiger charge is -2.13. The van der Waals surface area contributed by atoms with E-state index in [0.717, 1.165) is 17.2 Å². The van der Waals surface area contributed by atoms with Gasteiger partial charge >= 0.3 is 6.18 Å². The molecule has 2 aromatic carbocycles. The van der Waals surface area contributed by atoms with Gasteiger partial charge in [-0.15, -0.1) is 11.3 Å². The van der Waals surface area contributed by atoms with Gasteiger partial charge in [-0.3, -0.25) is 9.78 Å². The Balaban J connectivity index is 1.37. The molecule has 1 amide bonds. The first-order valence-electron chi connectivity index (χ1n) is 9.91. The van der Waals surface area contributed by atoms with Crippen LogP contribution in [0.25, 0.3) is 10.6 Å². The molecule has 168 valence electrons. The molecule has 4 aromatic rings. The number of hydrogen-bond donors (Lipinski definition) is 1. The van der Waals surface area contributed by atoms with Crippen LogP contribution in [0.5, 0.6) is 5.75 Å². The fourth-order valence-electron chi connectivity index (χ4n) is 3.06. The van der Waals surface area contributed by atoms with Gasteiger partial charge in [0.25, 0.3) is 5.91 Å². The standard InChI is InChI=1S/C24H18F3N3O2S/c25-24(26,27)20-6-2-1-5-18(20)14-32-19-9-7-17(8-10-19)23-30-21(15-33-23)22(31)29-13-16-4-3-11-28-12-16/h1-12,15H,13-14H2,(H,29,31). The molecule has 1 N–H and O–H groups in total. The van der Waals surface area contributed by atoms with E-state index in [-0.39, 0.29) is 18.1 Å². The monoisotopic (exact) mass is 469 g/mol. The van der Waals surface area contributed by atoms with Crippen molar-refractivity contribution in [3.8, 4) is 16.3 Å². The zero-order valence-corrected chi connectivity index (χ0v) is 18.0. The van der Waals surface area contributed by atoms with Crippen molar-refractivity contribution in [2.24, 2.45) is 0 Å². The molecule has 0 unspecified atom stereocenters. The average Bonchev–Trinajstić information content (AvgIpc) is 3.32. The van der Waals surface area contributed by atoms with Crippen molar-refractivity contribution in [1.82, 2.24) is 15.3 Å². The van der Waals surface area contributed by atoms with E-state index in [2.05, 4.69) is 15.3 Å². The lowest BCUT2D eigenvalue weighted by Crippen LogP contribution is -2.23. The van der Waals surface area contributed by atoms with Gasteiger partial charge in [0, 0.05) is 35.4 Å². The second kappa shape index (κ2) is 9.83. The molecule has 4 rings (SSSR count). The molecule has 0 saturated heterocycles. The van der Waals surface area contributed by atoms with Crippen molar-refractivity contribution >= 4 is 17.2 Å². The van der Waals surface area contributed by atoms with Gasteiger partial charge < -0.3 is 10.1 Å². The van der Waals surface area contributed by atoms with Gasteiger partial charge in [-0.1, -0.05) is 24.3 Å². The zero-order valence-electron chi connectivity index (χ0n) is 17.2. The number of alkyl halides is 3. The van der Waals surface area contributed by atoms with Gasteiger partial charge in [-0.25, -0.2) is 4.98 Å². The van der Waals surface area contributed by atoms with Crippen molar-refractivity contribution in [2.75, 3.05) is 0 Å². The number of hydrogen-bond acceptors (Lipinski definition) is 5. The maximum atomic E-state index is 13.1. The van der Waals surface area contributed by atoms with E-state index in [4.69, 9.17) is 4.74 Å². The van der Waals surface area contributed by atoms with Crippen LogP contribution >= 0.6 is 11.3 Å². The maximum absolute atomic E-state index is 13.1. The molecule has 0 aliphatic heterocycles. The summed E-state index contributed by atoms with van der Waals surface area (Å²) in [6.07, 6.45) is -1.09. The number of pyridine rings is 1. The summed E-state index contributed by atoms with van der Waals surface area (Å²) in [7, 11) is 0. The molecule has 0 radical (unpaired) electrons. The topological polar surface area (TPSA) is 64.1 Å². The number of aromatic nitrogens is 2. The first-order valence-corrected chi connectivity index (χ1v) is 10.8. The molecule has 0 aliphatic carbocycles. The Morgan fingerprint density at radius 2 is 1.82 bits per heavy atom. The Kier molecular flexibility index (Phi) is 6.69. The van der Waals surface area contributed by atoms with Crippen LogP contribution in [0.2, 0.25) is 0 Å². The Bertz CT molecular complexity index is 1230. The van der Waals surface area contributed by atoms with Crippen LogP contribution in [0.4, 0.5) is 13.2 Å². The fourth-order valence-corrected chi connectivity index (χ4v) is 3.87. The number of nitrogens with one attached hydrogen (secondary N) is 1. The van der Waals surface area contributed by atoms with Gasteiger partial charge in [-0.05, 0) is 42.0 Å². The summed E-state index contributed by atoms with van der Waals surface area (Å²) in [6, 6.07) is 15.8. The second-order valence-electron chi connectivity index (χ2n) is 7.05. The number of rotatable bonds is 7. The van der Waals surface area contributed by atoms with Gasteiger partial charge in [0.15, 0.2) is 0 Å². The molecule has 0 atom stereocenters. The van der Waals surface area contributed by atoms with Crippen molar-refractivity contribution in [3.63, 3.8) is 0 Å². The lowest BCUT2D eigenvalue weighted by molar-refractivity contribution is -0.138. The molecule has 0 saturated carbocycles. The third-order valence-corrected chi connectivity index (χ3v) is 5.62. The summed E-state index contributed by atoms with van der Waals surface area (Å²) in [4.78, 5) is 20.7. The van der Waals surface area contributed by atoms with Crippen LogP contribution in [0, 0.1) is 0 Å². The number of halogens is 3. The summed E-state index contributed by atoms with van der Waals surface area (Å²) in [6.45, 7) is 0.149. The van der Waals surface area contributed by atoms with Crippen LogP contribution in [0.1, 0.15) is 27.2 Å². The predicted molar refractivity (Wildman–Crippen MR) is 119 cm³/mol. The van der Waals surface area contributed by atoms with Crippen molar-refractivity contribution < 1.29 is 22.7 Å². The molecule has 9 heteroatoms. The van der Waals surface area contributed by atoms with Crippen molar-refractivity contribution in [2.45, 2.75) is 19.3 Å². The average molecular weight is 469 g/mol. The first-order chi connectivity index (χ1) is 15.9. The van der Waals surface area contributed by atoms with Gasteiger partial charge in [-0.2, -0.15) is 13.2 Å². The van der Waals surface area contributed by atoms with Crippen LogP contribution in [-0.2, 0) is 19.3 Å². The van der Waals surface area contributed by atoms with E-state index in [1.165, 1.54) is 23.5 Å². The molecular weight excluding hydrogens is 451 g/mol. The number of benzene rings is 2. The summed E-state index contributed by atoms with van der Waals surface area (Å²) >= 11 is 1.32. The van der Waals surface area contributed by atoms with E-state index in [0.29, 0.717) is 23.0 Å². The molecule has 5 nitrogen and oxygen atoms in total. The largest absolute Gasteiger partial charge is 0.489 e. The molecule has 0 spiro atoms. The van der Waals surface area contributed by atoms with E-state index >= 15 is 0 Å². The highest BCUT2D eigenvalue weighted by Crippen LogP contribution is 2.32. The molecule has 0 aliphatic rings. The molecule has 2 heterocycles. The zero-order chi connectivity index (χ0) is 23.3. The van der Waals surface area contributed by atoms with Gasteiger partial charge in [0.2, 0.25) is 0 Å². The number of ether oxygens (including phenoxy) is 1. The molecule has 33 heavy (non-hydrogen) atoms. The Labute approximate surface area is 191 Å². The Hall–Kier alpha value is -3.72. The SMILES string of the molecule is O=C(NCc1cccnc1)c1csc(-c2ccc(OCc3ccccc3C(F)(F)F)cc2)n1. The van der Waals surface area contributed by atoms with Crippen molar-refractivity contribution in [3.05, 3.63) is 101 Å². The molecular formula is C24H18F3N3O2S. The third-order valence-electron chi connectivity index (χ3n) is 4.73. The van der Waals surface area contributed by atoms with Gasteiger partial charge in [0.05, 0.1) is 5.56 Å². The van der Waals surface area contributed by atoms with Crippen molar-refractivity contribution in [1.29, 1.82) is 0 Å². The summed E-state index contributed by atoms with van der Waals surface area (Å²) in [5.41, 5.74) is 1.32. The minimum atomic E-state index is -4.43. The third kappa shape index (κ3) is 5.75. The Morgan fingerprint density at radius 3 is 2.55 bits per heavy atom. The van der Waals surface area contributed by atoms with E-state index in [9.17, 15) is 18.0 Å². The second-order valence-corrected chi connectivity index (χ2v) is 7.91. The van der Waals surface area contributed by atoms with Crippen LogP contribution < -0.4 is 10.1 Å². The van der Waals surface area contributed by atoms with E-state index in [1.54, 1.807) is 54.2 Å². The lowest BCUT2D eigenvalue weighted by atomic mass is 10.1. The number of amides is 1. The highest BCUT2D eigenvalue weighted by molar-refractivity contribution is 7.13. The van der Waals surface area contributed by atoms with Crippen LogP contribution in [0.15, 0.2) is 78.4 Å². The fraction of sp³-hybridized carbons (Fsp3) is 0.125. The van der Waals surface area contributed by atoms with Gasteiger partial charge in [0.1, 0.15) is 23.1 Å². The first kappa shape index (κ1) is 22.5. The normalized spacial score (nSPS) is 11.2. The number of nitrogens with zero attached hydrogens (tertiary/aromatic N) is 2. The van der Waals surface area contributed by atoms with Crippen LogP contribution in [-0.4, -0.2) is 15.9 Å². The minimum Gasteiger partial charge on any atom is -0.489 e. The van der Waals surface area contributed by atoms with Crippen LogP contribution in [0.3, 0.4) is 0 Å². The highest BCUT2D eigenvalue weighted by Gasteiger charge is 2.32. The molecule has 0 bridgehead atoms. The Morgan fingerprint density at radius 1 is 1.03 bits per heavy atom. The molecule has 0 fully saturated rings. The van der Waals surface area contributed by atoms with E-state index in [1.807, 2.05) is 6.07 Å². The number of carbonyl (C=O) groups excluding carboxylic acids is 1. The van der Waals surface area contributed by atoms with E-state index < -0.39 is 11.7 Å². The highest BCUT2D eigenvalue weighted by atomic mass is 32.1.